The first-order valence-electron chi connectivity index (χ1n) is 6.86. The number of fused-ring (bicyclic) bond motifs is 1. The van der Waals surface area contributed by atoms with Gasteiger partial charge in [0.1, 0.15) is 5.75 Å². The molecule has 4 nitrogen and oxygen atoms in total. The van der Waals surface area contributed by atoms with Gasteiger partial charge in [-0.15, -0.1) is 0 Å². The smallest absolute Gasteiger partial charge is 0.122 e. The van der Waals surface area contributed by atoms with Crippen LogP contribution in [0.4, 0.5) is 0 Å². The molecule has 0 amide bonds. The molecule has 0 aliphatic carbocycles. The summed E-state index contributed by atoms with van der Waals surface area (Å²) in [5, 5.41) is 7.36. The molecule has 4 heteroatoms. The van der Waals surface area contributed by atoms with Crippen LogP contribution in [0.1, 0.15) is 31.7 Å². The molecule has 1 aliphatic heterocycles. The second-order valence-electron chi connectivity index (χ2n) is 5.41. The van der Waals surface area contributed by atoms with E-state index >= 15 is 0 Å². The number of para-hydroxylation sites is 1. The lowest BCUT2D eigenvalue weighted by molar-refractivity contribution is 0.199. The lowest BCUT2D eigenvalue weighted by atomic mass is 10.00. The number of ether oxygens (including phenoxy) is 1. The number of benzene rings is 1. The summed E-state index contributed by atoms with van der Waals surface area (Å²) in [6.45, 7) is 6.92. The fourth-order valence-electron chi connectivity index (χ4n) is 2.49. The molecule has 3 N–H and O–H groups in total. The molecule has 0 spiro atoms. The largest absolute Gasteiger partial charge is 0.493 e. The first-order chi connectivity index (χ1) is 9.08. The van der Waals surface area contributed by atoms with Crippen molar-refractivity contribution in [1.82, 2.24) is 4.90 Å². The highest BCUT2D eigenvalue weighted by molar-refractivity contribution is 5.76. The molecular formula is C15H23N3O. The van der Waals surface area contributed by atoms with Gasteiger partial charge in [-0.2, -0.15) is 0 Å². The summed E-state index contributed by atoms with van der Waals surface area (Å²) in [6.07, 6.45) is 0.632. The zero-order valence-corrected chi connectivity index (χ0v) is 11.7. The SMILES string of the molecule is CC(C)N(CCC(=N)N)CC1COc2ccccc21. The topological polar surface area (TPSA) is 62.3 Å². The van der Waals surface area contributed by atoms with Crippen LogP contribution in [0.5, 0.6) is 5.75 Å². The summed E-state index contributed by atoms with van der Waals surface area (Å²) in [5.41, 5.74) is 6.76. The van der Waals surface area contributed by atoms with Gasteiger partial charge in [-0.25, -0.2) is 0 Å². The maximum Gasteiger partial charge on any atom is 0.122 e. The standard InChI is InChI=1S/C15H23N3O/c1-11(2)18(8-7-15(16)17)9-12-10-19-14-6-4-3-5-13(12)14/h3-6,11-12H,7-10H2,1-2H3,(H3,16,17). The molecule has 1 aliphatic rings. The number of hydrogen-bond donors (Lipinski definition) is 2. The van der Waals surface area contributed by atoms with E-state index in [2.05, 4.69) is 30.9 Å². The van der Waals surface area contributed by atoms with E-state index in [1.54, 1.807) is 0 Å². The molecule has 1 unspecified atom stereocenters. The number of nitrogens with two attached hydrogens (primary N) is 1. The number of rotatable bonds is 6. The summed E-state index contributed by atoms with van der Waals surface area (Å²) in [6, 6.07) is 8.71. The zero-order chi connectivity index (χ0) is 13.8. The van der Waals surface area contributed by atoms with Crippen molar-refractivity contribution in [3.05, 3.63) is 29.8 Å². The van der Waals surface area contributed by atoms with E-state index in [9.17, 15) is 0 Å². The minimum absolute atomic E-state index is 0.258. The number of nitrogens with one attached hydrogen (secondary N) is 1. The van der Waals surface area contributed by atoms with Gasteiger partial charge in [0.15, 0.2) is 0 Å². The third-order valence-electron chi connectivity index (χ3n) is 3.65. The van der Waals surface area contributed by atoms with E-state index in [-0.39, 0.29) is 5.84 Å². The number of hydrogen-bond acceptors (Lipinski definition) is 3. The summed E-state index contributed by atoms with van der Waals surface area (Å²) in [7, 11) is 0. The summed E-state index contributed by atoms with van der Waals surface area (Å²) < 4.78 is 5.72. The van der Waals surface area contributed by atoms with Crippen LogP contribution in [0.3, 0.4) is 0 Å². The Kier molecular flexibility index (Phi) is 4.43. The minimum Gasteiger partial charge on any atom is -0.493 e. The van der Waals surface area contributed by atoms with Crippen LogP contribution in [0.15, 0.2) is 24.3 Å². The normalized spacial score (nSPS) is 17.6. The van der Waals surface area contributed by atoms with Crippen molar-refractivity contribution >= 4 is 5.84 Å². The maximum absolute atomic E-state index is 7.36. The minimum atomic E-state index is 0.258. The lowest BCUT2D eigenvalue weighted by Crippen LogP contribution is -2.37. The molecule has 0 saturated heterocycles. The van der Waals surface area contributed by atoms with Gasteiger partial charge < -0.3 is 10.5 Å². The van der Waals surface area contributed by atoms with E-state index in [0.717, 1.165) is 25.4 Å². The quantitative estimate of drug-likeness (QED) is 0.609. The van der Waals surface area contributed by atoms with Crippen molar-refractivity contribution in [2.24, 2.45) is 5.73 Å². The van der Waals surface area contributed by atoms with Crippen molar-refractivity contribution < 1.29 is 4.74 Å². The van der Waals surface area contributed by atoms with Crippen LogP contribution in [-0.4, -0.2) is 36.5 Å². The summed E-state index contributed by atoms with van der Waals surface area (Å²) in [5.74, 6) is 1.70. The molecule has 19 heavy (non-hydrogen) atoms. The van der Waals surface area contributed by atoms with Crippen LogP contribution in [0, 0.1) is 5.41 Å². The van der Waals surface area contributed by atoms with Gasteiger partial charge in [0, 0.05) is 37.0 Å². The maximum atomic E-state index is 7.36. The van der Waals surface area contributed by atoms with Crippen molar-refractivity contribution in [3.8, 4) is 5.75 Å². The molecule has 0 radical (unpaired) electrons. The van der Waals surface area contributed by atoms with Crippen molar-refractivity contribution in [3.63, 3.8) is 0 Å². The average molecular weight is 261 g/mol. The van der Waals surface area contributed by atoms with Crippen molar-refractivity contribution in [2.75, 3.05) is 19.7 Å². The van der Waals surface area contributed by atoms with Crippen LogP contribution < -0.4 is 10.5 Å². The Morgan fingerprint density at radius 2 is 2.21 bits per heavy atom. The Balaban J connectivity index is 2.00. The monoisotopic (exact) mass is 261 g/mol. The first kappa shape index (κ1) is 13.9. The Bertz CT molecular complexity index is 445. The second kappa shape index (κ2) is 6.06. The fraction of sp³-hybridized carbons (Fsp3) is 0.533. The molecule has 0 aromatic heterocycles. The fourth-order valence-corrected chi connectivity index (χ4v) is 2.49. The van der Waals surface area contributed by atoms with Gasteiger partial charge in [0.05, 0.1) is 12.4 Å². The highest BCUT2D eigenvalue weighted by Gasteiger charge is 2.26. The van der Waals surface area contributed by atoms with Gasteiger partial charge in [0.2, 0.25) is 0 Å². The van der Waals surface area contributed by atoms with Crippen LogP contribution in [0.2, 0.25) is 0 Å². The third-order valence-corrected chi connectivity index (χ3v) is 3.65. The van der Waals surface area contributed by atoms with E-state index in [0.29, 0.717) is 18.4 Å². The van der Waals surface area contributed by atoms with Crippen LogP contribution in [0.25, 0.3) is 0 Å². The van der Waals surface area contributed by atoms with Gasteiger partial charge >= 0.3 is 0 Å². The van der Waals surface area contributed by atoms with Crippen molar-refractivity contribution in [2.45, 2.75) is 32.2 Å². The van der Waals surface area contributed by atoms with Gasteiger partial charge in [-0.05, 0) is 19.9 Å². The Morgan fingerprint density at radius 3 is 2.89 bits per heavy atom. The zero-order valence-electron chi connectivity index (χ0n) is 11.7. The Morgan fingerprint density at radius 1 is 1.47 bits per heavy atom. The molecule has 0 saturated carbocycles. The molecule has 1 aromatic carbocycles. The van der Waals surface area contributed by atoms with Crippen LogP contribution in [-0.2, 0) is 0 Å². The third kappa shape index (κ3) is 3.47. The highest BCUT2D eigenvalue weighted by Crippen LogP contribution is 2.34. The Labute approximate surface area is 115 Å². The first-order valence-corrected chi connectivity index (χ1v) is 6.86. The molecule has 1 heterocycles. The average Bonchev–Trinajstić information content (AvgIpc) is 2.77. The summed E-state index contributed by atoms with van der Waals surface area (Å²) in [4.78, 5) is 2.37. The van der Waals surface area contributed by atoms with Gasteiger partial charge in [-0.1, -0.05) is 18.2 Å². The van der Waals surface area contributed by atoms with E-state index < -0.39 is 0 Å². The number of amidine groups is 1. The predicted molar refractivity (Wildman–Crippen MR) is 77.9 cm³/mol. The Hall–Kier alpha value is -1.55. The molecule has 104 valence electrons. The van der Waals surface area contributed by atoms with E-state index in [1.165, 1.54) is 5.56 Å². The molecule has 1 atom stereocenters. The molecular weight excluding hydrogens is 238 g/mol. The highest BCUT2D eigenvalue weighted by atomic mass is 16.5. The number of nitrogens with zero attached hydrogens (tertiary/aromatic N) is 1. The molecule has 1 aromatic rings. The second-order valence-corrected chi connectivity index (χ2v) is 5.41. The van der Waals surface area contributed by atoms with E-state index in [1.807, 2.05) is 12.1 Å². The van der Waals surface area contributed by atoms with Crippen molar-refractivity contribution in [1.29, 1.82) is 5.41 Å². The lowest BCUT2D eigenvalue weighted by Gasteiger charge is -2.28. The van der Waals surface area contributed by atoms with E-state index in [4.69, 9.17) is 15.9 Å². The molecule has 0 bridgehead atoms. The molecule has 0 fully saturated rings. The predicted octanol–water partition coefficient (Wildman–Crippen LogP) is 2.20. The van der Waals surface area contributed by atoms with Gasteiger partial charge in [0.25, 0.3) is 0 Å². The van der Waals surface area contributed by atoms with Gasteiger partial charge in [-0.3, -0.25) is 10.3 Å². The molecule has 2 rings (SSSR count). The summed E-state index contributed by atoms with van der Waals surface area (Å²) >= 11 is 0. The van der Waals surface area contributed by atoms with Crippen LogP contribution >= 0.6 is 0 Å².